The van der Waals surface area contributed by atoms with E-state index in [1.54, 1.807) is 18.2 Å². The Labute approximate surface area is 168 Å². The van der Waals surface area contributed by atoms with Gasteiger partial charge >= 0.3 is 0 Å². The topological polar surface area (TPSA) is 90.1 Å². The molecule has 1 heterocycles. The summed E-state index contributed by atoms with van der Waals surface area (Å²) in [6.45, 7) is 3.08. The third-order valence-corrected chi connectivity index (χ3v) is 4.15. The summed E-state index contributed by atoms with van der Waals surface area (Å²) in [6.07, 6.45) is 0. The Hall–Kier alpha value is -3.20. The fourth-order valence-corrected chi connectivity index (χ4v) is 2.67. The number of carbonyl (C=O) groups excluding carboxylic acids is 1. The van der Waals surface area contributed by atoms with Gasteiger partial charge in [-0.3, -0.25) is 15.6 Å². The number of fused-ring (bicyclic) bond motifs is 1. The van der Waals surface area contributed by atoms with Gasteiger partial charge in [-0.1, -0.05) is 6.07 Å². The second-order valence-corrected chi connectivity index (χ2v) is 6.16. The van der Waals surface area contributed by atoms with Crippen molar-refractivity contribution < 1.29 is 23.7 Å². The van der Waals surface area contributed by atoms with Crippen LogP contribution < -0.4 is 35.1 Å². The molecular weight excluding hydrogens is 382 g/mol. The smallest absolute Gasteiger partial charge is 0.269 e. The van der Waals surface area contributed by atoms with Gasteiger partial charge < -0.3 is 24.3 Å². The van der Waals surface area contributed by atoms with Crippen LogP contribution in [-0.4, -0.2) is 31.5 Å². The zero-order valence-corrected chi connectivity index (χ0v) is 16.4. The Morgan fingerprint density at radius 3 is 2.71 bits per heavy atom. The van der Waals surface area contributed by atoms with Gasteiger partial charge in [0.1, 0.15) is 0 Å². The molecule has 1 aliphatic heterocycles. The third kappa shape index (κ3) is 4.74. The van der Waals surface area contributed by atoms with Crippen LogP contribution in [0.15, 0.2) is 36.4 Å². The molecule has 0 saturated carbocycles. The molecule has 9 heteroatoms. The standard InChI is InChI=1S/C19H21N3O5S/c1-3-25-14-7-5-13(9-16(14)24-2)18(23)21-22-19(28)20-10-12-4-6-15-17(8-12)27-11-26-15/h4-9H,3,10-11H2,1-2H3,(H,21,23)(H2,20,22,28). The minimum Gasteiger partial charge on any atom is -0.493 e. The summed E-state index contributed by atoms with van der Waals surface area (Å²) in [5.74, 6) is 2.14. The van der Waals surface area contributed by atoms with E-state index in [4.69, 9.17) is 31.2 Å². The van der Waals surface area contributed by atoms with E-state index < -0.39 is 0 Å². The number of carbonyl (C=O) groups is 1. The zero-order chi connectivity index (χ0) is 19.9. The highest BCUT2D eigenvalue weighted by atomic mass is 32.1. The van der Waals surface area contributed by atoms with Crippen LogP contribution in [0, 0.1) is 0 Å². The molecular formula is C19H21N3O5S. The largest absolute Gasteiger partial charge is 0.493 e. The Morgan fingerprint density at radius 1 is 1.11 bits per heavy atom. The number of benzene rings is 2. The minimum absolute atomic E-state index is 0.231. The maximum atomic E-state index is 12.3. The van der Waals surface area contributed by atoms with Crippen LogP contribution in [0.25, 0.3) is 0 Å². The lowest BCUT2D eigenvalue weighted by atomic mass is 10.2. The summed E-state index contributed by atoms with van der Waals surface area (Å²) < 4.78 is 21.3. The first-order valence-electron chi connectivity index (χ1n) is 8.64. The van der Waals surface area contributed by atoms with Crippen molar-refractivity contribution in [1.82, 2.24) is 16.2 Å². The molecule has 0 spiro atoms. The minimum atomic E-state index is -0.353. The molecule has 3 rings (SSSR count). The maximum Gasteiger partial charge on any atom is 0.269 e. The van der Waals surface area contributed by atoms with Crippen molar-refractivity contribution in [2.24, 2.45) is 0 Å². The highest BCUT2D eigenvalue weighted by molar-refractivity contribution is 7.80. The van der Waals surface area contributed by atoms with Crippen LogP contribution in [0.3, 0.4) is 0 Å². The number of thiocarbonyl (C=S) groups is 1. The van der Waals surface area contributed by atoms with Gasteiger partial charge in [0.15, 0.2) is 28.1 Å². The molecule has 0 aliphatic carbocycles. The molecule has 0 atom stereocenters. The Morgan fingerprint density at radius 2 is 1.93 bits per heavy atom. The van der Waals surface area contributed by atoms with E-state index in [0.29, 0.717) is 36.0 Å². The molecule has 0 radical (unpaired) electrons. The second-order valence-electron chi connectivity index (χ2n) is 5.75. The molecule has 1 amide bonds. The lowest BCUT2D eigenvalue weighted by Crippen LogP contribution is -2.46. The summed E-state index contributed by atoms with van der Waals surface area (Å²) in [5.41, 5.74) is 6.60. The first kappa shape index (κ1) is 19.6. The normalized spacial score (nSPS) is 11.5. The van der Waals surface area contributed by atoms with Crippen LogP contribution in [0.4, 0.5) is 0 Å². The number of hydrogen-bond acceptors (Lipinski definition) is 6. The van der Waals surface area contributed by atoms with Crippen LogP contribution in [-0.2, 0) is 6.54 Å². The van der Waals surface area contributed by atoms with E-state index in [0.717, 1.165) is 11.3 Å². The number of nitrogens with one attached hydrogen (secondary N) is 3. The number of hydrogen-bond donors (Lipinski definition) is 3. The molecule has 2 aromatic carbocycles. The lowest BCUT2D eigenvalue weighted by molar-refractivity contribution is 0.0943. The van der Waals surface area contributed by atoms with Crippen molar-refractivity contribution in [2.75, 3.05) is 20.5 Å². The van der Waals surface area contributed by atoms with E-state index in [9.17, 15) is 4.79 Å². The second kappa shape index (κ2) is 9.14. The average Bonchev–Trinajstić information content (AvgIpc) is 3.18. The van der Waals surface area contributed by atoms with Crippen molar-refractivity contribution in [3.63, 3.8) is 0 Å². The predicted octanol–water partition coefficient (Wildman–Crippen LogP) is 2.13. The Bertz CT molecular complexity index is 875. The highest BCUT2D eigenvalue weighted by Crippen LogP contribution is 2.32. The number of ether oxygens (including phenoxy) is 4. The molecule has 28 heavy (non-hydrogen) atoms. The van der Waals surface area contributed by atoms with Gasteiger partial charge in [-0.15, -0.1) is 0 Å². The first-order chi connectivity index (χ1) is 13.6. The third-order valence-electron chi connectivity index (χ3n) is 3.91. The van der Waals surface area contributed by atoms with Crippen molar-refractivity contribution in [3.05, 3.63) is 47.5 Å². The zero-order valence-electron chi connectivity index (χ0n) is 15.5. The average molecular weight is 403 g/mol. The van der Waals surface area contributed by atoms with Crippen molar-refractivity contribution >= 4 is 23.2 Å². The van der Waals surface area contributed by atoms with E-state index in [1.165, 1.54) is 7.11 Å². The summed E-state index contributed by atoms with van der Waals surface area (Å²) >= 11 is 5.19. The number of methoxy groups -OCH3 is 1. The quantitative estimate of drug-likeness (QED) is 0.499. The van der Waals surface area contributed by atoms with Crippen molar-refractivity contribution in [2.45, 2.75) is 13.5 Å². The van der Waals surface area contributed by atoms with E-state index in [-0.39, 0.29) is 17.8 Å². The molecule has 1 aliphatic rings. The fraction of sp³-hybridized carbons (Fsp3) is 0.263. The Kier molecular flexibility index (Phi) is 6.38. The molecule has 8 nitrogen and oxygen atoms in total. The lowest BCUT2D eigenvalue weighted by Gasteiger charge is -2.13. The van der Waals surface area contributed by atoms with Gasteiger partial charge in [-0.25, -0.2) is 0 Å². The molecule has 0 fully saturated rings. The molecule has 148 valence electrons. The summed E-state index contributed by atoms with van der Waals surface area (Å²) in [7, 11) is 1.52. The number of rotatable bonds is 6. The van der Waals surface area contributed by atoms with Gasteiger partial charge in [0.2, 0.25) is 6.79 Å². The summed E-state index contributed by atoms with van der Waals surface area (Å²) in [5, 5.41) is 3.29. The van der Waals surface area contributed by atoms with E-state index in [2.05, 4.69) is 16.2 Å². The van der Waals surface area contributed by atoms with Gasteiger partial charge in [-0.2, -0.15) is 0 Å². The summed E-state index contributed by atoms with van der Waals surface area (Å²) in [4.78, 5) is 12.3. The SMILES string of the molecule is CCOc1ccc(C(=O)NNC(=S)NCc2ccc3c(c2)OCO3)cc1OC. The van der Waals surface area contributed by atoms with Crippen LogP contribution in [0.5, 0.6) is 23.0 Å². The molecule has 3 N–H and O–H groups in total. The van der Waals surface area contributed by atoms with Crippen molar-refractivity contribution in [3.8, 4) is 23.0 Å². The van der Waals surface area contributed by atoms with E-state index in [1.807, 2.05) is 25.1 Å². The molecule has 0 saturated heterocycles. The summed E-state index contributed by atoms with van der Waals surface area (Å²) in [6, 6.07) is 10.6. The fourth-order valence-electron chi connectivity index (χ4n) is 2.55. The maximum absolute atomic E-state index is 12.3. The first-order valence-corrected chi connectivity index (χ1v) is 9.05. The Balaban J connectivity index is 1.49. The van der Waals surface area contributed by atoms with Crippen LogP contribution >= 0.6 is 12.2 Å². The van der Waals surface area contributed by atoms with Crippen molar-refractivity contribution in [1.29, 1.82) is 0 Å². The predicted molar refractivity (Wildman–Crippen MR) is 107 cm³/mol. The highest BCUT2D eigenvalue weighted by Gasteiger charge is 2.14. The van der Waals surface area contributed by atoms with Gasteiger partial charge in [0.25, 0.3) is 5.91 Å². The monoisotopic (exact) mass is 403 g/mol. The van der Waals surface area contributed by atoms with Gasteiger partial charge in [0, 0.05) is 12.1 Å². The molecule has 0 unspecified atom stereocenters. The van der Waals surface area contributed by atoms with Gasteiger partial charge in [-0.05, 0) is 55.0 Å². The number of hydrazine groups is 1. The van der Waals surface area contributed by atoms with Gasteiger partial charge in [0.05, 0.1) is 13.7 Å². The van der Waals surface area contributed by atoms with E-state index >= 15 is 0 Å². The van der Waals surface area contributed by atoms with Crippen LogP contribution in [0.1, 0.15) is 22.8 Å². The molecule has 0 aromatic heterocycles. The molecule has 2 aromatic rings. The molecule has 0 bridgehead atoms. The number of amides is 1. The van der Waals surface area contributed by atoms with Crippen LogP contribution in [0.2, 0.25) is 0 Å².